The zero-order chi connectivity index (χ0) is 16.5. The van der Waals surface area contributed by atoms with Crippen LogP contribution in [0.1, 0.15) is 44.7 Å². The van der Waals surface area contributed by atoms with Crippen molar-refractivity contribution in [3.05, 3.63) is 29.3 Å². The Hall–Kier alpha value is -1.84. The molecule has 1 saturated heterocycles. The quantitative estimate of drug-likeness (QED) is 0.929. The lowest BCUT2D eigenvalue weighted by molar-refractivity contribution is -0.127. The number of hydrogen-bond acceptors (Lipinski definition) is 2. The van der Waals surface area contributed by atoms with Gasteiger partial charge in [0.15, 0.2) is 0 Å². The Morgan fingerprint density at radius 1 is 1.32 bits per heavy atom. The second-order valence-corrected chi connectivity index (χ2v) is 6.90. The summed E-state index contributed by atoms with van der Waals surface area (Å²) < 4.78 is 0. The van der Waals surface area contributed by atoms with Crippen molar-refractivity contribution in [2.75, 3.05) is 11.4 Å². The molecule has 120 valence electrons. The summed E-state index contributed by atoms with van der Waals surface area (Å²) in [5, 5.41) is 3.04. The first kappa shape index (κ1) is 16.5. The van der Waals surface area contributed by atoms with Crippen molar-refractivity contribution in [3.8, 4) is 0 Å². The number of rotatable bonds is 4. The summed E-state index contributed by atoms with van der Waals surface area (Å²) in [4.78, 5) is 26.4. The fraction of sp³-hybridized carbons (Fsp3) is 0.556. The normalized spacial score (nSPS) is 18.7. The molecule has 0 spiro atoms. The van der Waals surface area contributed by atoms with E-state index >= 15 is 0 Å². The molecule has 1 aliphatic rings. The second kappa shape index (κ2) is 6.11. The van der Waals surface area contributed by atoms with Crippen molar-refractivity contribution < 1.29 is 9.59 Å². The predicted octanol–water partition coefficient (Wildman–Crippen LogP) is 2.96. The predicted molar refractivity (Wildman–Crippen MR) is 88.9 cm³/mol. The molecule has 1 aliphatic heterocycles. The highest BCUT2D eigenvalue weighted by molar-refractivity contribution is 6.00. The third-order valence-electron chi connectivity index (χ3n) is 4.64. The molecule has 1 atom stereocenters. The minimum Gasteiger partial charge on any atom is -0.351 e. The van der Waals surface area contributed by atoms with Crippen LogP contribution in [0.25, 0.3) is 0 Å². The fourth-order valence-electron chi connectivity index (χ4n) is 2.55. The smallest absolute Gasteiger partial charge is 0.227 e. The van der Waals surface area contributed by atoms with Gasteiger partial charge in [0, 0.05) is 24.2 Å². The van der Waals surface area contributed by atoms with Gasteiger partial charge in [-0.3, -0.25) is 9.59 Å². The molecule has 0 radical (unpaired) electrons. The average Bonchev–Trinajstić information content (AvgIpc) is 2.84. The van der Waals surface area contributed by atoms with Crippen molar-refractivity contribution in [2.24, 2.45) is 5.92 Å². The molecule has 1 aromatic rings. The Kier molecular flexibility index (Phi) is 4.59. The lowest BCUT2D eigenvalue weighted by Gasteiger charge is -2.26. The number of amides is 2. The number of anilines is 1. The Bertz CT molecular complexity index is 593. The molecule has 22 heavy (non-hydrogen) atoms. The number of hydrogen-bond donors (Lipinski definition) is 1. The molecule has 1 fully saturated rings. The summed E-state index contributed by atoms with van der Waals surface area (Å²) in [5.74, 6) is -0.260. The van der Waals surface area contributed by atoms with Crippen molar-refractivity contribution in [3.63, 3.8) is 0 Å². The zero-order valence-electron chi connectivity index (χ0n) is 14.2. The first-order valence-corrected chi connectivity index (χ1v) is 7.93. The van der Waals surface area contributed by atoms with E-state index in [-0.39, 0.29) is 23.3 Å². The minimum atomic E-state index is -0.264. The molecule has 2 rings (SSSR count). The highest BCUT2D eigenvalue weighted by Crippen LogP contribution is 2.27. The van der Waals surface area contributed by atoms with Gasteiger partial charge in [-0.25, -0.2) is 0 Å². The van der Waals surface area contributed by atoms with Gasteiger partial charge >= 0.3 is 0 Å². The Morgan fingerprint density at radius 2 is 2.00 bits per heavy atom. The van der Waals surface area contributed by atoms with Crippen LogP contribution in [0.5, 0.6) is 0 Å². The Morgan fingerprint density at radius 3 is 2.59 bits per heavy atom. The number of nitrogens with one attached hydrogen (secondary N) is 1. The van der Waals surface area contributed by atoms with Gasteiger partial charge in [0.05, 0.1) is 5.92 Å². The molecule has 0 saturated carbocycles. The van der Waals surface area contributed by atoms with Crippen molar-refractivity contribution >= 4 is 17.5 Å². The van der Waals surface area contributed by atoms with E-state index in [0.717, 1.165) is 17.7 Å². The van der Waals surface area contributed by atoms with E-state index in [1.807, 2.05) is 52.8 Å². The first-order valence-electron chi connectivity index (χ1n) is 7.93. The van der Waals surface area contributed by atoms with Gasteiger partial charge in [-0.1, -0.05) is 13.0 Å². The van der Waals surface area contributed by atoms with Crippen LogP contribution in [0.2, 0.25) is 0 Å². The summed E-state index contributed by atoms with van der Waals surface area (Å²) in [6, 6.07) is 5.99. The number of benzene rings is 1. The maximum absolute atomic E-state index is 12.4. The summed E-state index contributed by atoms with van der Waals surface area (Å²) in [6.07, 6.45) is 1.15. The Labute approximate surface area is 132 Å². The summed E-state index contributed by atoms with van der Waals surface area (Å²) in [6.45, 7) is 10.6. The maximum Gasteiger partial charge on any atom is 0.227 e. The van der Waals surface area contributed by atoms with Crippen LogP contribution in [0.15, 0.2) is 18.2 Å². The van der Waals surface area contributed by atoms with Crippen LogP contribution in [0.4, 0.5) is 5.69 Å². The van der Waals surface area contributed by atoms with Gasteiger partial charge in [0.2, 0.25) is 11.8 Å². The lowest BCUT2D eigenvalue weighted by atomic mass is 9.99. The van der Waals surface area contributed by atoms with E-state index in [1.165, 1.54) is 5.56 Å². The number of carbonyl (C=O) groups is 2. The zero-order valence-corrected chi connectivity index (χ0v) is 14.2. The minimum absolute atomic E-state index is 0.0217. The monoisotopic (exact) mass is 302 g/mol. The van der Waals surface area contributed by atoms with Crippen LogP contribution in [0, 0.1) is 19.8 Å². The molecule has 4 heteroatoms. The molecule has 1 aromatic carbocycles. The summed E-state index contributed by atoms with van der Waals surface area (Å²) >= 11 is 0. The highest BCUT2D eigenvalue weighted by Gasteiger charge is 2.36. The number of nitrogens with zero attached hydrogens (tertiary/aromatic N) is 1. The molecular weight excluding hydrogens is 276 g/mol. The molecule has 1 heterocycles. The SMILES string of the molecule is CCC(C)(C)NC(=O)[C@@H]1CC(=O)N(c2ccc(C)c(C)c2)C1. The average molecular weight is 302 g/mol. The topological polar surface area (TPSA) is 49.4 Å². The fourth-order valence-corrected chi connectivity index (χ4v) is 2.55. The highest BCUT2D eigenvalue weighted by atomic mass is 16.2. The van der Waals surface area contributed by atoms with E-state index in [1.54, 1.807) is 4.90 Å². The molecule has 4 nitrogen and oxygen atoms in total. The Balaban J connectivity index is 2.10. The largest absolute Gasteiger partial charge is 0.351 e. The molecule has 0 aromatic heterocycles. The van der Waals surface area contributed by atoms with Crippen LogP contribution < -0.4 is 10.2 Å². The van der Waals surface area contributed by atoms with Crippen LogP contribution >= 0.6 is 0 Å². The molecular formula is C18H26N2O2. The van der Waals surface area contributed by atoms with Crippen LogP contribution in [-0.4, -0.2) is 23.9 Å². The number of aryl methyl sites for hydroxylation is 2. The molecule has 0 aliphatic carbocycles. The number of carbonyl (C=O) groups excluding carboxylic acids is 2. The van der Waals surface area contributed by atoms with Crippen LogP contribution in [0.3, 0.4) is 0 Å². The van der Waals surface area contributed by atoms with Gasteiger partial charge in [-0.15, -0.1) is 0 Å². The van der Waals surface area contributed by atoms with Crippen molar-refractivity contribution in [2.45, 2.75) is 53.0 Å². The van der Waals surface area contributed by atoms with Gasteiger partial charge in [-0.2, -0.15) is 0 Å². The van der Waals surface area contributed by atoms with E-state index in [9.17, 15) is 9.59 Å². The summed E-state index contributed by atoms with van der Waals surface area (Å²) in [7, 11) is 0. The first-order chi connectivity index (χ1) is 10.2. The standard InChI is InChI=1S/C18H26N2O2/c1-6-18(4,5)19-17(22)14-10-16(21)20(11-14)15-8-7-12(2)13(3)9-15/h7-9,14H,6,10-11H2,1-5H3,(H,19,22)/t14-/m1/s1. The van der Waals surface area contributed by atoms with E-state index in [0.29, 0.717) is 13.0 Å². The van der Waals surface area contributed by atoms with E-state index in [2.05, 4.69) is 5.32 Å². The van der Waals surface area contributed by atoms with Crippen LogP contribution in [-0.2, 0) is 9.59 Å². The van der Waals surface area contributed by atoms with Crippen molar-refractivity contribution in [1.82, 2.24) is 5.32 Å². The van der Waals surface area contributed by atoms with Gasteiger partial charge in [-0.05, 0) is 57.4 Å². The summed E-state index contributed by atoms with van der Waals surface area (Å²) in [5.41, 5.74) is 3.02. The van der Waals surface area contributed by atoms with E-state index < -0.39 is 0 Å². The van der Waals surface area contributed by atoms with Gasteiger partial charge in [0.25, 0.3) is 0 Å². The van der Waals surface area contributed by atoms with E-state index in [4.69, 9.17) is 0 Å². The third kappa shape index (κ3) is 3.49. The van der Waals surface area contributed by atoms with Gasteiger partial charge in [0.1, 0.15) is 0 Å². The van der Waals surface area contributed by atoms with Gasteiger partial charge < -0.3 is 10.2 Å². The molecule has 1 N–H and O–H groups in total. The molecule has 2 amide bonds. The molecule has 0 unspecified atom stereocenters. The second-order valence-electron chi connectivity index (χ2n) is 6.90. The maximum atomic E-state index is 12.4. The third-order valence-corrected chi connectivity index (χ3v) is 4.64. The van der Waals surface area contributed by atoms with Crippen molar-refractivity contribution in [1.29, 1.82) is 0 Å². The lowest BCUT2D eigenvalue weighted by Crippen LogP contribution is -2.46. The molecule has 0 bridgehead atoms.